The third-order valence-corrected chi connectivity index (χ3v) is 5.04. The maximum absolute atomic E-state index is 12.2. The normalized spacial score (nSPS) is 20.5. The molecule has 1 aliphatic rings. The zero-order valence-corrected chi connectivity index (χ0v) is 16.1. The summed E-state index contributed by atoms with van der Waals surface area (Å²) in [5, 5.41) is 11.3. The lowest BCUT2D eigenvalue weighted by molar-refractivity contribution is -0.117. The van der Waals surface area contributed by atoms with Gasteiger partial charge in [0.25, 0.3) is 0 Å². The second-order valence-electron chi connectivity index (χ2n) is 7.18. The van der Waals surface area contributed by atoms with Gasteiger partial charge in [0, 0.05) is 0 Å². The summed E-state index contributed by atoms with van der Waals surface area (Å²) in [4.78, 5) is 23.1. The van der Waals surface area contributed by atoms with Crippen LogP contribution in [0.4, 0.5) is 4.79 Å². The number of carboxylic acid groups (broad SMARTS) is 1. The van der Waals surface area contributed by atoms with Crippen LogP contribution in [0.1, 0.15) is 44.6 Å². The topological polar surface area (TPSA) is 84.9 Å². The molecule has 1 aliphatic carbocycles. The summed E-state index contributed by atoms with van der Waals surface area (Å²) in [6.45, 7) is 5.82. The van der Waals surface area contributed by atoms with Crippen LogP contribution in [0.5, 0.6) is 5.75 Å². The van der Waals surface area contributed by atoms with Gasteiger partial charge < -0.3 is 19.9 Å². The molecule has 0 unspecified atom stereocenters. The Hall–Kier alpha value is -2.34. The van der Waals surface area contributed by atoms with Crippen LogP contribution in [0.2, 0.25) is 0 Å². The van der Waals surface area contributed by atoms with E-state index in [1.807, 2.05) is 24.3 Å². The highest BCUT2D eigenvalue weighted by atomic mass is 16.5. The van der Waals surface area contributed by atoms with E-state index in [4.69, 9.17) is 14.6 Å². The Morgan fingerprint density at radius 2 is 1.85 bits per heavy atom. The molecule has 1 fully saturated rings. The van der Waals surface area contributed by atoms with Crippen molar-refractivity contribution < 1.29 is 24.2 Å². The number of hydrogen-bond donors (Lipinski definition) is 2. The molecule has 0 spiro atoms. The highest BCUT2D eigenvalue weighted by Gasteiger charge is 2.28. The second kappa shape index (κ2) is 10.1. The third-order valence-electron chi connectivity index (χ3n) is 5.04. The van der Waals surface area contributed by atoms with Gasteiger partial charge in [0.2, 0.25) is 0 Å². The number of nitrogens with one attached hydrogen (secondary N) is 1. The van der Waals surface area contributed by atoms with Crippen LogP contribution in [0.15, 0.2) is 36.4 Å². The first kappa shape index (κ1) is 21.0. The van der Waals surface area contributed by atoms with Crippen molar-refractivity contribution in [3.63, 3.8) is 0 Å². The minimum atomic E-state index is -1.17. The van der Waals surface area contributed by atoms with Crippen molar-refractivity contribution >= 4 is 11.9 Å². The minimum absolute atomic E-state index is 0.200. The first-order chi connectivity index (χ1) is 12.9. The van der Waals surface area contributed by atoms with E-state index in [2.05, 4.69) is 11.9 Å². The van der Waals surface area contributed by atoms with E-state index in [-0.39, 0.29) is 11.9 Å². The van der Waals surface area contributed by atoms with Gasteiger partial charge in [0.05, 0.1) is 25.9 Å². The molecule has 6 nitrogen and oxygen atoms in total. The van der Waals surface area contributed by atoms with E-state index >= 15 is 0 Å². The standard InChI is InChI=1S/C21H29NO5/c1-14(2)20(23)19(22-21(24)25)12-15-4-10-18(11-5-15)27-13-16-6-8-17(26-3)9-7-16/h6-9,15,18-19,22H,1,4-5,10-13H2,2-3H3,(H,24,25)/t15?,18?,19-/m0/s1. The summed E-state index contributed by atoms with van der Waals surface area (Å²) in [6.07, 6.45) is 3.23. The zero-order valence-electron chi connectivity index (χ0n) is 16.1. The van der Waals surface area contributed by atoms with Gasteiger partial charge in [-0.15, -0.1) is 0 Å². The highest BCUT2D eigenvalue weighted by molar-refractivity contribution is 5.99. The average molecular weight is 375 g/mol. The lowest BCUT2D eigenvalue weighted by atomic mass is 9.82. The Labute approximate surface area is 160 Å². The van der Waals surface area contributed by atoms with Gasteiger partial charge in [-0.1, -0.05) is 18.7 Å². The molecule has 27 heavy (non-hydrogen) atoms. The van der Waals surface area contributed by atoms with Crippen molar-refractivity contribution in [2.24, 2.45) is 5.92 Å². The molecule has 1 aromatic carbocycles. The van der Waals surface area contributed by atoms with Crippen molar-refractivity contribution in [2.45, 2.75) is 57.8 Å². The number of ether oxygens (including phenoxy) is 2. The van der Waals surface area contributed by atoms with Gasteiger partial charge >= 0.3 is 6.09 Å². The second-order valence-corrected chi connectivity index (χ2v) is 7.18. The van der Waals surface area contributed by atoms with Crippen LogP contribution >= 0.6 is 0 Å². The van der Waals surface area contributed by atoms with Crippen LogP contribution in [-0.4, -0.2) is 36.2 Å². The van der Waals surface area contributed by atoms with E-state index < -0.39 is 12.1 Å². The lowest BCUT2D eigenvalue weighted by Gasteiger charge is -2.30. The Morgan fingerprint density at radius 3 is 2.37 bits per heavy atom. The number of amides is 1. The Bertz CT molecular complexity index is 647. The summed E-state index contributed by atoms with van der Waals surface area (Å²) in [6, 6.07) is 7.13. The maximum Gasteiger partial charge on any atom is 0.405 e. The molecular weight excluding hydrogens is 346 g/mol. The molecule has 0 heterocycles. The molecule has 0 aromatic heterocycles. The number of ketones is 1. The molecule has 0 saturated heterocycles. The molecule has 148 valence electrons. The number of benzene rings is 1. The van der Waals surface area contributed by atoms with E-state index in [1.54, 1.807) is 14.0 Å². The molecule has 1 amide bonds. The lowest BCUT2D eigenvalue weighted by Crippen LogP contribution is -2.42. The molecule has 2 N–H and O–H groups in total. The van der Waals surface area contributed by atoms with Crippen molar-refractivity contribution in [1.82, 2.24) is 5.32 Å². The fraction of sp³-hybridized carbons (Fsp3) is 0.524. The Morgan fingerprint density at radius 1 is 1.22 bits per heavy atom. The maximum atomic E-state index is 12.2. The Kier molecular flexibility index (Phi) is 7.85. The number of carbonyl (C=O) groups is 2. The van der Waals surface area contributed by atoms with E-state index in [1.165, 1.54) is 0 Å². The molecule has 0 aliphatic heterocycles. The summed E-state index contributed by atoms with van der Waals surface area (Å²) >= 11 is 0. The predicted molar refractivity (Wildman–Crippen MR) is 103 cm³/mol. The molecule has 1 aromatic rings. The molecule has 0 radical (unpaired) electrons. The van der Waals surface area contributed by atoms with Gasteiger partial charge in [0.15, 0.2) is 5.78 Å². The molecule has 1 atom stereocenters. The molecular formula is C21H29NO5. The summed E-state index contributed by atoms with van der Waals surface area (Å²) < 4.78 is 11.2. The third kappa shape index (κ3) is 6.71. The van der Waals surface area contributed by atoms with Crippen LogP contribution in [0.25, 0.3) is 0 Å². The van der Waals surface area contributed by atoms with Crippen molar-refractivity contribution in [2.75, 3.05) is 7.11 Å². The first-order valence-corrected chi connectivity index (χ1v) is 9.32. The largest absolute Gasteiger partial charge is 0.497 e. The fourth-order valence-corrected chi connectivity index (χ4v) is 3.48. The number of carbonyl (C=O) groups excluding carboxylic acids is 1. The fourth-order valence-electron chi connectivity index (χ4n) is 3.48. The van der Waals surface area contributed by atoms with E-state index in [9.17, 15) is 9.59 Å². The van der Waals surface area contributed by atoms with Gasteiger partial charge in [0.1, 0.15) is 5.75 Å². The molecule has 6 heteroatoms. The number of Topliss-reactive ketones (excluding diaryl/α,β-unsaturated/α-hetero) is 1. The average Bonchev–Trinajstić information content (AvgIpc) is 2.66. The van der Waals surface area contributed by atoms with Crippen LogP contribution in [-0.2, 0) is 16.1 Å². The highest BCUT2D eigenvalue weighted by Crippen LogP contribution is 2.30. The van der Waals surface area contributed by atoms with Crippen molar-refractivity contribution in [3.8, 4) is 5.75 Å². The van der Waals surface area contributed by atoms with Gasteiger partial charge in [-0.3, -0.25) is 4.79 Å². The summed E-state index contributed by atoms with van der Waals surface area (Å²) in [5.41, 5.74) is 1.49. The van der Waals surface area contributed by atoms with Crippen LogP contribution < -0.4 is 10.1 Å². The number of methoxy groups -OCH3 is 1. The SMILES string of the molecule is C=C(C)C(=O)[C@H](CC1CCC(OCc2ccc(OC)cc2)CC1)NC(=O)O. The van der Waals surface area contributed by atoms with Crippen molar-refractivity contribution in [3.05, 3.63) is 42.0 Å². The zero-order chi connectivity index (χ0) is 19.8. The monoisotopic (exact) mass is 375 g/mol. The van der Waals surface area contributed by atoms with Gasteiger partial charge in [-0.25, -0.2) is 4.79 Å². The van der Waals surface area contributed by atoms with Crippen molar-refractivity contribution in [1.29, 1.82) is 0 Å². The van der Waals surface area contributed by atoms with Crippen LogP contribution in [0, 0.1) is 5.92 Å². The van der Waals surface area contributed by atoms with E-state index in [0.717, 1.165) is 37.0 Å². The first-order valence-electron chi connectivity index (χ1n) is 9.32. The number of rotatable bonds is 9. The molecule has 1 saturated carbocycles. The minimum Gasteiger partial charge on any atom is -0.497 e. The Balaban J connectivity index is 1.78. The molecule has 0 bridgehead atoms. The van der Waals surface area contributed by atoms with Crippen LogP contribution in [0.3, 0.4) is 0 Å². The van der Waals surface area contributed by atoms with Gasteiger partial charge in [-0.2, -0.15) is 0 Å². The number of hydrogen-bond acceptors (Lipinski definition) is 4. The molecule has 2 rings (SSSR count). The van der Waals surface area contributed by atoms with Gasteiger partial charge in [-0.05, 0) is 68.2 Å². The summed E-state index contributed by atoms with van der Waals surface area (Å²) in [5.74, 6) is 0.911. The summed E-state index contributed by atoms with van der Waals surface area (Å²) in [7, 11) is 1.64. The predicted octanol–water partition coefficient (Wildman–Crippen LogP) is 3.94. The van der Waals surface area contributed by atoms with E-state index in [0.29, 0.717) is 24.5 Å². The smallest absolute Gasteiger partial charge is 0.405 e. The quantitative estimate of drug-likeness (QED) is 0.639.